The number of rotatable bonds is 4. The molecule has 0 aromatic rings. The summed E-state index contributed by atoms with van der Waals surface area (Å²) in [5.74, 6) is 0. The monoisotopic (exact) mass is 141 g/mol. The van der Waals surface area contributed by atoms with Crippen LogP contribution in [0.3, 0.4) is 0 Å². The molecule has 1 nitrogen and oxygen atoms in total. The van der Waals surface area contributed by atoms with Crippen LogP contribution in [-0.2, 0) is 4.79 Å². The molecule has 0 spiro atoms. The van der Waals surface area contributed by atoms with E-state index in [0.29, 0.717) is 11.8 Å². The van der Waals surface area contributed by atoms with E-state index in [9.17, 15) is 4.79 Å². The van der Waals surface area contributed by atoms with E-state index < -0.39 is 0 Å². The van der Waals surface area contributed by atoms with Crippen molar-refractivity contribution >= 4 is 6.29 Å². The standard InChI is InChI=1S/C9H17O/c1-9(2,3)7-5-4-6-8-10/h5,8H,4,6-7H2,1-3H3. The molecule has 0 aliphatic rings. The van der Waals surface area contributed by atoms with Crippen molar-refractivity contribution in [2.24, 2.45) is 5.41 Å². The third-order valence-corrected chi connectivity index (χ3v) is 1.25. The van der Waals surface area contributed by atoms with Gasteiger partial charge in [-0.2, -0.15) is 0 Å². The Balaban J connectivity index is 3.12. The van der Waals surface area contributed by atoms with E-state index in [2.05, 4.69) is 27.2 Å². The van der Waals surface area contributed by atoms with Gasteiger partial charge in [0.05, 0.1) is 0 Å². The van der Waals surface area contributed by atoms with Crippen molar-refractivity contribution in [1.82, 2.24) is 0 Å². The summed E-state index contributed by atoms with van der Waals surface area (Å²) in [4.78, 5) is 9.91. The molecule has 0 bridgehead atoms. The number of carbonyl (C=O) groups is 1. The quantitative estimate of drug-likeness (QED) is 0.434. The molecule has 0 N–H and O–H groups in total. The molecule has 0 aromatic heterocycles. The SMILES string of the molecule is CC(C)(C)C[CH]CCC=O. The first-order chi connectivity index (χ1) is 4.56. The van der Waals surface area contributed by atoms with E-state index in [-0.39, 0.29) is 0 Å². The van der Waals surface area contributed by atoms with Crippen molar-refractivity contribution in [3.05, 3.63) is 6.42 Å². The molecular formula is C9H17O. The van der Waals surface area contributed by atoms with Crippen LogP contribution in [-0.4, -0.2) is 6.29 Å². The van der Waals surface area contributed by atoms with Crippen LogP contribution in [0.15, 0.2) is 0 Å². The number of hydrogen-bond acceptors (Lipinski definition) is 1. The van der Waals surface area contributed by atoms with Crippen LogP contribution in [0.5, 0.6) is 0 Å². The van der Waals surface area contributed by atoms with Crippen molar-refractivity contribution in [1.29, 1.82) is 0 Å². The Morgan fingerprint density at radius 1 is 1.20 bits per heavy atom. The largest absolute Gasteiger partial charge is 0.303 e. The van der Waals surface area contributed by atoms with Gasteiger partial charge in [-0.25, -0.2) is 0 Å². The fourth-order valence-corrected chi connectivity index (χ4v) is 0.721. The molecule has 0 saturated heterocycles. The Kier molecular flexibility index (Phi) is 4.33. The van der Waals surface area contributed by atoms with E-state index in [0.717, 1.165) is 19.1 Å². The topological polar surface area (TPSA) is 17.1 Å². The number of unbranched alkanes of at least 4 members (excludes halogenated alkanes) is 2. The first-order valence-electron chi connectivity index (χ1n) is 3.81. The smallest absolute Gasteiger partial charge is 0.120 e. The molecule has 0 unspecified atom stereocenters. The highest BCUT2D eigenvalue weighted by Gasteiger charge is 2.08. The summed E-state index contributed by atoms with van der Waals surface area (Å²) in [5, 5.41) is 0. The predicted octanol–water partition coefficient (Wildman–Crippen LogP) is 2.61. The van der Waals surface area contributed by atoms with Crippen LogP contribution < -0.4 is 0 Å². The summed E-state index contributed by atoms with van der Waals surface area (Å²) < 4.78 is 0. The maximum absolute atomic E-state index is 9.91. The van der Waals surface area contributed by atoms with E-state index in [1.165, 1.54) is 0 Å². The van der Waals surface area contributed by atoms with Gasteiger partial charge in [-0.15, -0.1) is 0 Å². The minimum Gasteiger partial charge on any atom is -0.303 e. The van der Waals surface area contributed by atoms with Gasteiger partial charge in [0.25, 0.3) is 0 Å². The Morgan fingerprint density at radius 2 is 1.80 bits per heavy atom. The number of hydrogen-bond donors (Lipinski definition) is 0. The van der Waals surface area contributed by atoms with Gasteiger partial charge in [0.2, 0.25) is 0 Å². The van der Waals surface area contributed by atoms with Gasteiger partial charge < -0.3 is 4.79 Å². The zero-order valence-electron chi connectivity index (χ0n) is 7.18. The zero-order chi connectivity index (χ0) is 8.04. The Bertz CT molecular complexity index is 89.4. The summed E-state index contributed by atoms with van der Waals surface area (Å²) in [7, 11) is 0. The molecule has 0 aliphatic heterocycles. The van der Waals surface area contributed by atoms with Crippen molar-refractivity contribution in [2.45, 2.75) is 40.0 Å². The first kappa shape index (κ1) is 9.67. The minimum absolute atomic E-state index is 0.378. The molecular weight excluding hydrogens is 124 g/mol. The average Bonchev–Trinajstić information content (AvgIpc) is 1.78. The first-order valence-corrected chi connectivity index (χ1v) is 3.81. The Morgan fingerprint density at radius 3 is 2.20 bits per heavy atom. The highest BCUT2D eigenvalue weighted by molar-refractivity contribution is 5.49. The highest BCUT2D eigenvalue weighted by atomic mass is 16.1. The molecule has 59 valence electrons. The van der Waals surface area contributed by atoms with Crippen molar-refractivity contribution in [3.8, 4) is 0 Å². The maximum Gasteiger partial charge on any atom is 0.120 e. The van der Waals surface area contributed by atoms with Gasteiger partial charge in [0.15, 0.2) is 0 Å². The Labute approximate surface area is 63.8 Å². The van der Waals surface area contributed by atoms with Gasteiger partial charge in [-0.1, -0.05) is 20.8 Å². The summed E-state index contributed by atoms with van der Waals surface area (Å²) in [6.45, 7) is 6.60. The van der Waals surface area contributed by atoms with E-state index in [4.69, 9.17) is 0 Å². The van der Waals surface area contributed by atoms with Gasteiger partial charge in [-0.05, 0) is 24.7 Å². The molecule has 1 radical (unpaired) electrons. The summed E-state index contributed by atoms with van der Waals surface area (Å²) in [5.41, 5.74) is 0.378. The second-order valence-electron chi connectivity index (χ2n) is 3.80. The molecule has 0 heterocycles. The summed E-state index contributed by atoms with van der Waals surface area (Å²) >= 11 is 0. The zero-order valence-corrected chi connectivity index (χ0v) is 7.18. The van der Waals surface area contributed by atoms with Crippen LogP contribution in [0, 0.1) is 11.8 Å². The summed E-state index contributed by atoms with van der Waals surface area (Å²) in [6.07, 6.45) is 5.87. The predicted molar refractivity (Wildman–Crippen MR) is 43.7 cm³/mol. The lowest BCUT2D eigenvalue weighted by molar-refractivity contribution is -0.107. The number of aldehydes is 1. The van der Waals surface area contributed by atoms with Gasteiger partial charge in [-0.3, -0.25) is 0 Å². The normalized spacial score (nSPS) is 11.5. The third kappa shape index (κ3) is 7.67. The highest BCUT2D eigenvalue weighted by Crippen LogP contribution is 2.20. The molecule has 0 atom stereocenters. The van der Waals surface area contributed by atoms with Crippen LogP contribution in [0.2, 0.25) is 0 Å². The number of carbonyl (C=O) groups excluding carboxylic acids is 1. The summed E-state index contributed by atoms with van der Waals surface area (Å²) in [6, 6.07) is 0. The van der Waals surface area contributed by atoms with E-state index in [1.807, 2.05) is 0 Å². The van der Waals surface area contributed by atoms with E-state index >= 15 is 0 Å². The fourth-order valence-electron chi connectivity index (χ4n) is 0.721. The third-order valence-electron chi connectivity index (χ3n) is 1.25. The van der Waals surface area contributed by atoms with Gasteiger partial charge in [0.1, 0.15) is 6.29 Å². The molecule has 0 fully saturated rings. The van der Waals surface area contributed by atoms with E-state index in [1.54, 1.807) is 0 Å². The maximum atomic E-state index is 9.91. The second kappa shape index (κ2) is 4.48. The molecule has 10 heavy (non-hydrogen) atoms. The average molecular weight is 141 g/mol. The van der Waals surface area contributed by atoms with Crippen molar-refractivity contribution < 1.29 is 4.79 Å². The molecule has 0 amide bonds. The molecule has 0 saturated carbocycles. The van der Waals surface area contributed by atoms with Crippen LogP contribution in [0.25, 0.3) is 0 Å². The lowest BCUT2D eigenvalue weighted by atomic mass is 9.90. The van der Waals surface area contributed by atoms with Gasteiger partial charge in [0, 0.05) is 6.42 Å². The van der Waals surface area contributed by atoms with Crippen molar-refractivity contribution in [3.63, 3.8) is 0 Å². The lowest BCUT2D eigenvalue weighted by Crippen LogP contribution is -2.04. The minimum atomic E-state index is 0.378. The van der Waals surface area contributed by atoms with Gasteiger partial charge >= 0.3 is 0 Å². The molecule has 1 heteroatoms. The van der Waals surface area contributed by atoms with Crippen LogP contribution in [0.1, 0.15) is 40.0 Å². The second-order valence-corrected chi connectivity index (χ2v) is 3.80. The Hall–Kier alpha value is -0.330. The molecule has 0 aliphatic carbocycles. The molecule has 0 rings (SSSR count). The lowest BCUT2D eigenvalue weighted by Gasteiger charge is -2.16. The fraction of sp³-hybridized carbons (Fsp3) is 0.778. The van der Waals surface area contributed by atoms with Crippen LogP contribution in [0.4, 0.5) is 0 Å². The molecule has 0 aromatic carbocycles. The van der Waals surface area contributed by atoms with Crippen molar-refractivity contribution in [2.75, 3.05) is 0 Å². The van der Waals surface area contributed by atoms with Crippen LogP contribution >= 0.6 is 0 Å².